The summed E-state index contributed by atoms with van der Waals surface area (Å²) in [5, 5.41) is -0.469. The van der Waals surface area contributed by atoms with Gasteiger partial charge in [-0.1, -0.05) is 0 Å². The Kier molecular flexibility index (Phi) is 4.14. The Morgan fingerprint density at radius 3 is 2.67 bits per heavy atom. The smallest absolute Gasteiger partial charge is 0.251 e. The maximum atomic E-state index is 10.3. The monoisotopic (exact) mass is 148 g/mol. The van der Waals surface area contributed by atoms with Crippen LogP contribution in [0, 0.1) is 0 Å². The van der Waals surface area contributed by atoms with Crippen molar-refractivity contribution in [3.05, 3.63) is 11.8 Å². The molecule has 0 atom stereocenters. The van der Waals surface area contributed by atoms with E-state index in [2.05, 4.69) is 0 Å². The van der Waals surface area contributed by atoms with Crippen LogP contribution in [0.4, 0.5) is 0 Å². The van der Waals surface area contributed by atoms with Gasteiger partial charge in [0, 0.05) is 5.57 Å². The van der Waals surface area contributed by atoms with Crippen LogP contribution >= 0.6 is 11.6 Å². The number of carbonyl (C=O) groups excluding carboxylic acids is 1. The summed E-state index contributed by atoms with van der Waals surface area (Å²) in [6, 6.07) is 0. The molecule has 0 radical (unpaired) electrons. The molecule has 2 nitrogen and oxygen atoms in total. The molecule has 0 heterocycles. The molecule has 0 bridgehead atoms. The fourth-order valence-electron chi connectivity index (χ4n) is 0.255. The minimum Gasteiger partial charge on any atom is -0.501 e. The molecule has 0 N–H and O–H groups in total. The largest absolute Gasteiger partial charge is 0.501 e. The first-order valence-corrected chi connectivity index (χ1v) is 3.04. The second-order valence-corrected chi connectivity index (χ2v) is 1.87. The van der Waals surface area contributed by atoms with Crippen LogP contribution < -0.4 is 0 Å². The van der Waals surface area contributed by atoms with Crippen molar-refractivity contribution in [1.29, 1.82) is 0 Å². The molecule has 0 fully saturated rings. The second-order valence-electron chi connectivity index (χ2n) is 1.53. The van der Waals surface area contributed by atoms with Crippen molar-refractivity contribution in [2.45, 2.75) is 13.8 Å². The van der Waals surface area contributed by atoms with Gasteiger partial charge >= 0.3 is 0 Å². The van der Waals surface area contributed by atoms with Gasteiger partial charge < -0.3 is 4.74 Å². The lowest BCUT2D eigenvalue weighted by Gasteiger charge is -1.93. The van der Waals surface area contributed by atoms with Crippen LogP contribution in [0.15, 0.2) is 11.8 Å². The number of hydrogen-bond donors (Lipinski definition) is 0. The molecule has 0 amide bonds. The third kappa shape index (κ3) is 4.03. The quantitative estimate of drug-likeness (QED) is 0.346. The van der Waals surface area contributed by atoms with Crippen molar-refractivity contribution >= 4 is 16.8 Å². The maximum absolute atomic E-state index is 10.3. The number of allylic oxidation sites excluding steroid dienone is 1. The molecule has 52 valence electrons. The Morgan fingerprint density at radius 1 is 1.78 bits per heavy atom. The third-order valence-electron chi connectivity index (χ3n) is 0.737. The zero-order valence-corrected chi connectivity index (χ0v) is 6.23. The molecule has 0 rings (SSSR count). The molecule has 0 aromatic heterocycles. The number of carbonyl (C=O) groups is 1. The Labute approximate surface area is 59.5 Å². The first-order valence-electron chi connectivity index (χ1n) is 2.66. The first-order chi connectivity index (χ1) is 4.18. The molecule has 0 aliphatic rings. The average molecular weight is 149 g/mol. The molecule has 0 aromatic carbocycles. The van der Waals surface area contributed by atoms with Crippen LogP contribution in [0.1, 0.15) is 13.8 Å². The highest BCUT2D eigenvalue weighted by atomic mass is 35.5. The van der Waals surface area contributed by atoms with Gasteiger partial charge in [-0.25, -0.2) is 0 Å². The van der Waals surface area contributed by atoms with E-state index in [0.29, 0.717) is 12.2 Å². The summed E-state index contributed by atoms with van der Waals surface area (Å²) in [5.41, 5.74) is 0.429. The lowest BCUT2D eigenvalue weighted by atomic mass is 10.4. The molecule has 0 saturated heterocycles. The van der Waals surface area contributed by atoms with Crippen molar-refractivity contribution < 1.29 is 9.53 Å². The number of ether oxygens (including phenoxy) is 1. The van der Waals surface area contributed by atoms with Gasteiger partial charge in [0.1, 0.15) is 0 Å². The standard InChI is InChI=1S/C6H9ClO2/c1-3-9-4-5(2)6(7)8/h4H,3H2,1-2H3/b5-4+. The first kappa shape index (κ1) is 8.50. The zero-order valence-electron chi connectivity index (χ0n) is 5.48. The van der Waals surface area contributed by atoms with Gasteiger partial charge in [0.05, 0.1) is 12.9 Å². The van der Waals surface area contributed by atoms with Gasteiger partial charge in [-0.3, -0.25) is 4.79 Å². The Bertz CT molecular complexity index is 129. The van der Waals surface area contributed by atoms with Crippen molar-refractivity contribution in [2.24, 2.45) is 0 Å². The SMILES string of the molecule is CCO/C=C(\C)C(=O)Cl. The summed E-state index contributed by atoms with van der Waals surface area (Å²) < 4.78 is 4.79. The summed E-state index contributed by atoms with van der Waals surface area (Å²) in [6.07, 6.45) is 1.36. The number of hydrogen-bond acceptors (Lipinski definition) is 2. The van der Waals surface area contributed by atoms with Crippen LogP contribution in [0.2, 0.25) is 0 Å². The molecular weight excluding hydrogens is 140 g/mol. The number of halogens is 1. The minimum absolute atomic E-state index is 0.429. The van der Waals surface area contributed by atoms with Gasteiger partial charge in [-0.15, -0.1) is 0 Å². The lowest BCUT2D eigenvalue weighted by molar-refractivity contribution is -0.108. The van der Waals surface area contributed by atoms with Gasteiger partial charge in [0.25, 0.3) is 5.24 Å². The molecule has 0 unspecified atom stereocenters. The van der Waals surface area contributed by atoms with Gasteiger partial charge in [0.15, 0.2) is 0 Å². The molecule has 0 spiro atoms. The van der Waals surface area contributed by atoms with Crippen molar-refractivity contribution in [3.8, 4) is 0 Å². The van der Waals surface area contributed by atoms with Crippen LogP contribution in [0.5, 0.6) is 0 Å². The van der Waals surface area contributed by atoms with E-state index >= 15 is 0 Å². The Hall–Kier alpha value is -0.500. The summed E-state index contributed by atoms with van der Waals surface area (Å²) in [7, 11) is 0. The van der Waals surface area contributed by atoms with Crippen LogP contribution in [0.3, 0.4) is 0 Å². The number of rotatable bonds is 3. The maximum Gasteiger partial charge on any atom is 0.251 e. The highest BCUT2D eigenvalue weighted by molar-refractivity contribution is 6.67. The molecule has 0 aliphatic heterocycles. The van der Waals surface area contributed by atoms with Crippen molar-refractivity contribution in [3.63, 3.8) is 0 Å². The van der Waals surface area contributed by atoms with Crippen molar-refractivity contribution in [1.82, 2.24) is 0 Å². The molecule has 3 heteroatoms. The third-order valence-corrected chi connectivity index (χ3v) is 1.03. The van der Waals surface area contributed by atoms with E-state index in [9.17, 15) is 4.79 Å². The summed E-state index contributed by atoms with van der Waals surface area (Å²) >= 11 is 5.08. The normalized spacial score (nSPS) is 11.2. The molecule has 0 saturated carbocycles. The average Bonchev–Trinajstić information content (AvgIpc) is 1.82. The predicted molar refractivity (Wildman–Crippen MR) is 36.2 cm³/mol. The summed E-state index contributed by atoms with van der Waals surface area (Å²) in [5.74, 6) is 0. The van der Waals surface area contributed by atoms with E-state index in [1.54, 1.807) is 6.92 Å². The zero-order chi connectivity index (χ0) is 7.28. The van der Waals surface area contributed by atoms with Crippen LogP contribution in [-0.2, 0) is 9.53 Å². The van der Waals surface area contributed by atoms with E-state index < -0.39 is 5.24 Å². The molecule has 0 aromatic rings. The lowest BCUT2D eigenvalue weighted by Crippen LogP contribution is -1.89. The Balaban J connectivity index is 3.69. The summed E-state index contributed by atoms with van der Waals surface area (Å²) in [4.78, 5) is 10.3. The topological polar surface area (TPSA) is 26.3 Å². The Morgan fingerprint density at radius 2 is 2.33 bits per heavy atom. The van der Waals surface area contributed by atoms with E-state index in [0.717, 1.165) is 0 Å². The van der Waals surface area contributed by atoms with E-state index in [4.69, 9.17) is 16.3 Å². The van der Waals surface area contributed by atoms with Crippen LogP contribution in [0.25, 0.3) is 0 Å². The minimum atomic E-state index is -0.469. The van der Waals surface area contributed by atoms with Crippen LogP contribution in [-0.4, -0.2) is 11.8 Å². The van der Waals surface area contributed by atoms with Gasteiger partial charge in [0.2, 0.25) is 0 Å². The predicted octanol–water partition coefficient (Wildman–Crippen LogP) is 1.69. The molecule has 9 heavy (non-hydrogen) atoms. The molecular formula is C6H9ClO2. The second kappa shape index (κ2) is 4.39. The fourth-order valence-corrected chi connectivity index (χ4v) is 0.299. The van der Waals surface area contributed by atoms with E-state index in [1.165, 1.54) is 6.26 Å². The fraction of sp³-hybridized carbons (Fsp3) is 0.500. The van der Waals surface area contributed by atoms with E-state index in [1.807, 2.05) is 6.92 Å². The summed E-state index contributed by atoms with van der Waals surface area (Å²) in [6.45, 7) is 4.00. The van der Waals surface area contributed by atoms with Crippen molar-refractivity contribution in [2.75, 3.05) is 6.61 Å². The highest BCUT2D eigenvalue weighted by Crippen LogP contribution is 1.97. The van der Waals surface area contributed by atoms with Gasteiger partial charge in [-0.2, -0.15) is 0 Å². The van der Waals surface area contributed by atoms with E-state index in [-0.39, 0.29) is 0 Å². The van der Waals surface area contributed by atoms with Gasteiger partial charge in [-0.05, 0) is 25.4 Å². The highest BCUT2D eigenvalue weighted by Gasteiger charge is 1.96. The molecule has 0 aliphatic carbocycles.